The second-order valence-electron chi connectivity index (χ2n) is 3.59. The van der Waals surface area contributed by atoms with Crippen molar-refractivity contribution in [3.8, 4) is 0 Å². The van der Waals surface area contributed by atoms with Crippen molar-refractivity contribution >= 4 is 28.2 Å². The molecule has 0 atom stereocenters. The lowest BCUT2D eigenvalue weighted by atomic mass is 10.1. The third kappa shape index (κ3) is 1.61. The maximum absolute atomic E-state index is 10.6. The van der Waals surface area contributed by atoms with Gasteiger partial charge in [0.1, 0.15) is 0 Å². The minimum absolute atomic E-state index is 0.0273. The van der Waals surface area contributed by atoms with E-state index in [1.807, 2.05) is 13.8 Å². The zero-order valence-electron chi connectivity index (χ0n) is 8.82. The maximum atomic E-state index is 10.6. The van der Waals surface area contributed by atoms with E-state index in [0.717, 1.165) is 11.3 Å². The lowest BCUT2D eigenvalue weighted by Gasteiger charge is -2.06. The molecule has 0 saturated carbocycles. The van der Waals surface area contributed by atoms with Crippen LogP contribution in [0.25, 0.3) is 10.9 Å². The Hall–Kier alpha value is -1.68. The molecule has 0 saturated heterocycles. The number of aryl methyl sites for hydroxylation is 1. The lowest BCUT2D eigenvalue weighted by molar-refractivity contribution is -0.384. The molecule has 0 amide bonds. The van der Waals surface area contributed by atoms with Crippen LogP contribution in [0, 0.1) is 24.0 Å². The normalized spacial score (nSPS) is 10.7. The fourth-order valence-electron chi connectivity index (χ4n) is 1.54. The van der Waals surface area contributed by atoms with E-state index in [9.17, 15) is 10.1 Å². The van der Waals surface area contributed by atoms with Gasteiger partial charge >= 0.3 is 0 Å². The smallest absolute Gasteiger partial charge is 0.258 e. The van der Waals surface area contributed by atoms with Crippen molar-refractivity contribution in [2.24, 2.45) is 0 Å². The molecule has 0 aliphatic carbocycles. The van der Waals surface area contributed by atoms with E-state index >= 15 is 0 Å². The van der Waals surface area contributed by atoms with Gasteiger partial charge in [-0.2, -0.15) is 0 Å². The second kappa shape index (κ2) is 3.72. The van der Waals surface area contributed by atoms with Crippen molar-refractivity contribution in [2.75, 3.05) is 0 Å². The van der Waals surface area contributed by atoms with E-state index in [-0.39, 0.29) is 5.69 Å². The van der Waals surface area contributed by atoms with E-state index in [1.165, 1.54) is 12.1 Å². The number of nitrogens with zero attached hydrogens (tertiary/aromatic N) is 2. The van der Waals surface area contributed by atoms with Crippen molar-refractivity contribution in [3.05, 3.63) is 44.6 Å². The van der Waals surface area contributed by atoms with Gasteiger partial charge in [-0.15, -0.1) is 0 Å². The molecule has 0 aliphatic heterocycles. The Morgan fingerprint density at radius 2 is 2.06 bits per heavy atom. The largest absolute Gasteiger partial charge is 0.270 e. The summed E-state index contributed by atoms with van der Waals surface area (Å²) in [7, 11) is 0. The van der Waals surface area contributed by atoms with Crippen LogP contribution in [0.4, 0.5) is 5.69 Å². The molecule has 0 fully saturated rings. The van der Waals surface area contributed by atoms with Crippen molar-refractivity contribution in [3.63, 3.8) is 0 Å². The minimum Gasteiger partial charge on any atom is -0.258 e. The predicted molar refractivity (Wildman–Crippen MR) is 62.9 cm³/mol. The summed E-state index contributed by atoms with van der Waals surface area (Å²) in [5, 5.41) is 11.8. The highest BCUT2D eigenvalue weighted by Gasteiger charge is 2.12. The van der Waals surface area contributed by atoms with Crippen molar-refractivity contribution in [1.29, 1.82) is 0 Å². The van der Waals surface area contributed by atoms with Crippen LogP contribution < -0.4 is 0 Å². The molecule has 0 spiro atoms. The first-order chi connectivity index (χ1) is 7.50. The van der Waals surface area contributed by atoms with Gasteiger partial charge in [0.05, 0.1) is 15.5 Å². The number of hydrogen-bond donors (Lipinski definition) is 0. The van der Waals surface area contributed by atoms with Crippen LogP contribution in [0.5, 0.6) is 0 Å². The molecule has 1 aromatic heterocycles. The molecular formula is C11H9ClN2O2. The Kier molecular flexibility index (Phi) is 2.52. The van der Waals surface area contributed by atoms with Crippen LogP contribution >= 0.6 is 11.6 Å². The van der Waals surface area contributed by atoms with E-state index in [0.29, 0.717) is 15.9 Å². The zero-order valence-corrected chi connectivity index (χ0v) is 9.58. The van der Waals surface area contributed by atoms with E-state index in [4.69, 9.17) is 11.6 Å². The van der Waals surface area contributed by atoms with Gasteiger partial charge in [0, 0.05) is 23.2 Å². The third-order valence-electron chi connectivity index (χ3n) is 2.59. The number of pyridine rings is 1. The lowest BCUT2D eigenvalue weighted by Crippen LogP contribution is -1.93. The molecule has 82 valence electrons. The molecule has 1 aromatic carbocycles. The van der Waals surface area contributed by atoms with E-state index < -0.39 is 4.92 Å². The summed E-state index contributed by atoms with van der Waals surface area (Å²) in [5.74, 6) is 0. The van der Waals surface area contributed by atoms with Gasteiger partial charge in [-0.1, -0.05) is 11.6 Å². The summed E-state index contributed by atoms with van der Waals surface area (Å²) in [4.78, 5) is 14.5. The van der Waals surface area contributed by atoms with Crippen molar-refractivity contribution in [1.82, 2.24) is 4.98 Å². The topological polar surface area (TPSA) is 56.0 Å². The molecular weight excluding hydrogens is 228 g/mol. The molecule has 2 rings (SSSR count). The number of halogens is 1. The highest BCUT2D eigenvalue weighted by Crippen LogP contribution is 2.29. The Bertz CT molecular complexity index is 596. The molecule has 16 heavy (non-hydrogen) atoms. The van der Waals surface area contributed by atoms with Crippen molar-refractivity contribution in [2.45, 2.75) is 13.8 Å². The van der Waals surface area contributed by atoms with E-state index in [1.54, 1.807) is 6.07 Å². The molecule has 0 N–H and O–H groups in total. The first-order valence-corrected chi connectivity index (χ1v) is 5.09. The van der Waals surface area contributed by atoms with E-state index in [2.05, 4.69) is 4.98 Å². The summed E-state index contributed by atoms with van der Waals surface area (Å²) in [6.07, 6.45) is 0. The summed E-state index contributed by atoms with van der Waals surface area (Å²) in [5.41, 5.74) is 2.40. The Balaban J connectivity index is 2.82. The highest BCUT2D eigenvalue weighted by atomic mass is 35.5. The van der Waals surface area contributed by atoms with Crippen LogP contribution in [0.2, 0.25) is 5.02 Å². The monoisotopic (exact) mass is 236 g/mol. The summed E-state index contributed by atoms with van der Waals surface area (Å²) < 4.78 is 0. The predicted octanol–water partition coefficient (Wildman–Crippen LogP) is 3.41. The van der Waals surface area contributed by atoms with Crippen LogP contribution in [0.1, 0.15) is 11.3 Å². The molecule has 4 nitrogen and oxygen atoms in total. The Morgan fingerprint density at radius 3 is 2.69 bits per heavy atom. The van der Waals surface area contributed by atoms with Crippen molar-refractivity contribution < 1.29 is 4.92 Å². The second-order valence-corrected chi connectivity index (χ2v) is 3.97. The number of hydrogen-bond acceptors (Lipinski definition) is 3. The number of non-ortho nitro benzene ring substituents is 1. The van der Waals surface area contributed by atoms with Gasteiger partial charge in [0.2, 0.25) is 0 Å². The quantitative estimate of drug-likeness (QED) is 0.563. The zero-order chi connectivity index (χ0) is 11.9. The van der Waals surface area contributed by atoms with Gasteiger partial charge < -0.3 is 0 Å². The maximum Gasteiger partial charge on any atom is 0.270 e. The number of nitro benzene ring substituents is 1. The molecule has 0 aliphatic rings. The van der Waals surface area contributed by atoms with Gasteiger partial charge in [-0.3, -0.25) is 15.1 Å². The first kappa shape index (κ1) is 10.8. The molecule has 0 bridgehead atoms. The average molecular weight is 237 g/mol. The van der Waals surface area contributed by atoms with Gasteiger partial charge in [-0.05, 0) is 25.5 Å². The Morgan fingerprint density at radius 1 is 1.38 bits per heavy atom. The number of aromatic nitrogens is 1. The number of rotatable bonds is 1. The van der Waals surface area contributed by atoms with Crippen LogP contribution in [-0.2, 0) is 0 Å². The van der Waals surface area contributed by atoms with Gasteiger partial charge in [0.15, 0.2) is 0 Å². The molecule has 2 aromatic rings. The number of fused-ring (bicyclic) bond motifs is 1. The number of nitro groups is 1. The first-order valence-electron chi connectivity index (χ1n) is 4.71. The number of benzene rings is 1. The fraction of sp³-hybridized carbons (Fsp3) is 0.182. The summed E-state index contributed by atoms with van der Waals surface area (Å²) in [6.45, 7) is 3.71. The standard InChI is InChI=1S/C11H9ClN2O2/c1-6-7(2)13-10-4-3-8(14(15)16)5-9(10)11(6)12/h3-5H,1-2H3. The van der Waals surface area contributed by atoms with Gasteiger partial charge in [0.25, 0.3) is 5.69 Å². The van der Waals surface area contributed by atoms with Gasteiger partial charge in [-0.25, -0.2) is 0 Å². The van der Waals surface area contributed by atoms with Crippen LogP contribution in [0.3, 0.4) is 0 Å². The SMILES string of the molecule is Cc1nc2ccc([N+](=O)[O-])cc2c(Cl)c1C. The fourth-order valence-corrected chi connectivity index (χ4v) is 1.82. The molecule has 1 heterocycles. The third-order valence-corrected chi connectivity index (χ3v) is 3.07. The minimum atomic E-state index is -0.440. The molecule has 5 heteroatoms. The summed E-state index contributed by atoms with van der Waals surface area (Å²) in [6, 6.07) is 4.50. The average Bonchev–Trinajstić information content (AvgIpc) is 2.25. The molecule has 0 unspecified atom stereocenters. The van der Waals surface area contributed by atoms with Crippen LogP contribution in [0.15, 0.2) is 18.2 Å². The molecule has 0 radical (unpaired) electrons. The van der Waals surface area contributed by atoms with Crippen LogP contribution in [-0.4, -0.2) is 9.91 Å². The summed E-state index contributed by atoms with van der Waals surface area (Å²) >= 11 is 6.15. The highest BCUT2D eigenvalue weighted by molar-refractivity contribution is 6.36. The Labute approximate surface area is 97.0 Å².